The molecule has 0 saturated carbocycles. The van der Waals surface area contributed by atoms with E-state index in [0.29, 0.717) is 6.42 Å². The van der Waals surface area contributed by atoms with Gasteiger partial charge in [-0.2, -0.15) is 11.8 Å². The van der Waals surface area contributed by atoms with Crippen molar-refractivity contribution in [2.45, 2.75) is 96.5 Å². The zero-order chi connectivity index (χ0) is 19.6. The van der Waals surface area contributed by atoms with Crippen LogP contribution in [-0.4, -0.2) is 59.7 Å². The fourth-order valence-electron chi connectivity index (χ4n) is 3.66. The Morgan fingerprint density at radius 2 is 1.63 bits per heavy atom. The lowest BCUT2D eigenvalue weighted by Crippen LogP contribution is -2.37. The smallest absolute Gasteiger partial charge is 0.220 e. The van der Waals surface area contributed by atoms with Crippen molar-refractivity contribution in [1.29, 1.82) is 0 Å². The molecular weight excluding hydrogens is 356 g/mol. The van der Waals surface area contributed by atoms with Gasteiger partial charge in [0.2, 0.25) is 5.91 Å². The van der Waals surface area contributed by atoms with Crippen molar-refractivity contribution in [3.8, 4) is 0 Å². The average Bonchev–Trinajstić information content (AvgIpc) is 2.67. The Bertz CT molecular complexity index is 349. The SMILES string of the molecule is CCCCCCCCCCCC(=O)NCCSCC(O)CN1CCCCC1. The first-order valence-corrected chi connectivity index (χ1v) is 12.6. The predicted molar refractivity (Wildman–Crippen MR) is 118 cm³/mol. The Hall–Kier alpha value is -0.260. The highest BCUT2D eigenvalue weighted by Crippen LogP contribution is 2.12. The van der Waals surface area contributed by atoms with Gasteiger partial charge >= 0.3 is 0 Å². The fourth-order valence-corrected chi connectivity index (χ4v) is 4.45. The highest BCUT2D eigenvalue weighted by atomic mass is 32.2. The van der Waals surface area contributed by atoms with Crippen molar-refractivity contribution in [3.05, 3.63) is 0 Å². The van der Waals surface area contributed by atoms with Gasteiger partial charge in [0.25, 0.3) is 0 Å². The molecule has 0 radical (unpaired) electrons. The van der Waals surface area contributed by atoms with Crippen molar-refractivity contribution in [2.75, 3.05) is 37.7 Å². The van der Waals surface area contributed by atoms with Crippen LogP contribution in [0.1, 0.15) is 90.4 Å². The number of unbranched alkanes of at least 4 members (excludes halogenated alkanes) is 8. The number of thioether (sulfide) groups is 1. The average molecular weight is 401 g/mol. The van der Waals surface area contributed by atoms with E-state index in [-0.39, 0.29) is 12.0 Å². The third kappa shape index (κ3) is 15.4. The molecule has 1 fully saturated rings. The van der Waals surface area contributed by atoms with Crippen LogP contribution in [0.5, 0.6) is 0 Å². The number of carbonyl (C=O) groups is 1. The number of amides is 1. The predicted octanol–water partition coefficient (Wildman–Crippen LogP) is 4.60. The number of carbonyl (C=O) groups excluding carboxylic acids is 1. The van der Waals surface area contributed by atoms with Crippen molar-refractivity contribution >= 4 is 17.7 Å². The summed E-state index contributed by atoms with van der Waals surface area (Å²) >= 11 is 1.74. The van der Waals surface area contributed by atoms with Gasteiger partial charge in [-0.05, 0) is 32.4 Å². The molecule has 0 aliphatic carbocycles. The van der Waals surface area contributed by atoms with Gasteiger partial charge in [0.15, 0.2) is 0 Å². The summed E-state index contributed by atoms with van der Waals surface area (Å²) in [4.78, 5) is 14.2. The summed E-state index contributed by atoms with van der Waals surface area (Å²) in [7, 11) is 0. The Balaban J connectivity index is 1.82. The van der Waals surface area contributed by atoms with Crippen LogP contribution in [0.3, 0.4) is 0 Å². The molecule has 1 rings (SSSR count). The number of nitrogens with one attached hydrogen (secondary N) is 1. The summed E-state index contributed by atoms with van der Waals surface area (Å²) in [5.74, 6) is 1.85. The van der Waals surface area contributed by atoms with Gasteiger partial charge in [0, 0.05) is 31.0 Å². The lowest BCUT2D eigenvalue weighted by molar-refractivity contribution is -0.121. The summed E-state index contributed by atoms with van der Waals surface area (Å²) in [6.45, 7) is 6.05. The van der Waals surface area contributed by atoms with E-state index in [1.54, 1.807) is 11.8 Å². The molecule has 0 bridgehead atoms. The molecule has 1 heterocycles. The maximum absolute atomic E-state index is 11.8. The van der Waals surface area contributed by atoms with Gasteiger partial charge < -0.3 is 15.3 Å². The Labute approximate surface area is 172 Å². The number of rotatable bonds is 17. The zero-order valence-electron chi connectivity index (χ0n) is 17.7. The van der Waals surface area contributed by atoms with Crippen molar-refractivity contribution in [3.63, 3.8) is 0 Å². The van der Waals surface area contributed by atoms with Crippen LogP contribution in [0.2, 0.25) is 0 Å². The van der Waals surface area contributed by atoms with Crippen molar-refractivity contribution < 1.29 is 9.90 Å². The molecule has 4 nitrogen and oxygen atoms in total. The van der Waals surface area contributed by atoms with Crippen LogP contribution in [0.4, 0.5) is 0 Å². The van der Waals surface area contributed by atoms with E-state index in [1.807, 2.05) is 0 Å². The lowest BCUT2D eigenvalue weighted by atomic mass is 10.1. The molecule has 2 N–H and O–H groups in total. The summed E-state index contributed by atoms with van der Waals surface area (Å²) < 4.78 is 0. The minimum absolute atomic E-state index is 0.187. The van der Waals surface area contributed by atoms with Crippen molar-refractivity contribution in [2.24, 2.45) is 0 Å². The maximum Gasteiger partial charge on any atom is 0.220 e. The molecule has 0 aromatic rings. The summed E-state index contributed by atoms with van der Waals surface area (Å²) in [5.41, 5.74) is 0. The number of β-amino-alcohol motifs (C(OH)–C–C–N with tert-alkyl or cyclic N) is 1. The van der Waals surface area contributed by atoms with Crippen LogP contribution < -0.4 is 5.32 Å². The van der Waals surface area contributed by atoms with E-state index in [2.05, 4.69) is 17.1 Å². The third-order valence-electron chi connectivity index (χ3n) is 5.30. The number of hydrogen-bond acceptors (Lipinski definition) is 4. The fraction of sp³-hybridized carbons (Fsp3) is 0.955. The standard InChI is InChI=1S/C22H44N2O2S/c1-2-3-4-5-6-7-8-9-11-14-22(26)23-15-18-27-20-21(25)19-24-16-12-10-13-17-24/h21,25H,2-20H2,1H3,(H,23,26). The monoisotopic (exact) mass is 400 g/mol. The molecule has 1 aliphatic rings. The van der Waals surface area contributed by atoms with Crippen LogP contribution in [0, 0.1) is 0 Å². The van der Waals surface area contributed by atoms with E-state index in [4.69, 9.17) is 0 Å². The molecule has 27 heavy (non-hydrogen) atoms. The van der Waals surface area contributed by atoms with Gasteiger partial charge in [-0.25, -0.2) is 0 Å². The Morgan fingerprint density at radius 3 is 2.30 bits per heavy atom. The maximum atomic E-state index is 11.8. The molecule has 0 aromatic carbocycles. The summed E-state index contributed by atoms with van der Waals surface area (Å²) in [6, 6.07) is 0. The normalized spacial score (nSPS) is 16.4. The molecule has 1 saturated heterocycles. The van der Waals surface area contributed by atoms with Crippen LogP contribution in [-0.2, 0) is 4.79 Å². The molecule has 1 aliphatic heterocycles. The summed E-state index contributed by atoms with van der Waals surface area (Å²) in [5, 5.41) is 13.1. The van der Waals surface area contributed by atoms with E-state index in [9.17, 15) is 9.90 Å². The second-order valence-electron chi connectivity index (χ2n) is 8.02. The lowest BCUT2D eigenvalue weighted by Gasteiger charge is -2.28. The van der Waals surface area contributed by atoms with Crippen molar-refractivity contribution in [1.82, 2.24) is 10.2 Å². The largest absolute Gasteiger partial charge is 0.391 e. The quantitative estimate of drug-likeness (QED) is 0.350. The van der Waals surface area contributed by atoms with Gasteiger partial charge in [0.05, 0.1) is 6.10 Å². The molecule has 1 amide bonds. The first-order chi connectivity index (χ1) is 13.2. The van der Waals surface area contributed by atoms with Gasteiger partial charge in [-0.3, -0.25) is 4.79 Å². The van der Waals surface area contributed by atoms with Gasteiger partial charge in [0.1, 0.15) is 0 Å². The number of piperidine rings is 1. The van der Waals surface area contributed by atoms with Crippen LogP contribution in [0.25, 0.3) is 0 Å². The highest BCUT2D eigenvalue weighted by molar-refractivity contribution is 7.99. The highest BCUT2D eigenvalue weighted by Gasteiger charge is 2.14. The second-order valence-corrected chi connectivity index (χ2v) is 9.17. The van der Waals surface area contributed by atoms with Gasteiger partial charge in [-0.1, -0.05) is 64.7 Å². The minimum Gasteiger partial charge on any atom is -0.391 e. The Morgan fingerprint density at radius 1 is 1.00 bits per heavy atom. The zero-order valence-corrected chi connectivity index (χ0v) is 18.5. The van der Waals surface area contributed by atoms with E-state index >= 15 is 0 Å². The van der Waals surface area contributed by atoms with Crippen LogP contribution in [0.15, 0.2) is 0 Å². The minimum atomic E-state index is -0.245. The van der Waals surface area contributed by atoms with Gasteiger partial charge in [-0.15, -0.1) is 0 Å². The first-order valence-electron chi connectivity index (χ1n) is 11.5. The Kier molecular flexibility index (Phi) is 16.3. The third-order valence-corrected chi connectivity index (χ3v) is 6.42. The first kappa shape index (κ1) is 24.8. The summed E-state index contributed by atoms with van der Waals surface area (Å²) in [6.07, 6.45) is 15.9. The molecule has 0 aromatic heterocycles. The molecule has 160 valence electrons. The van der Waals surface area contributed by atoms with E-state index in [0.717, 1.165) is 44.1 Å². The molecule has 1 atom stereocenters. The van der Waals surface area contributed by atoms with E-state index < -0.39 is 0 Å². The topological polar surface area (TPSA) is 52.6 Å². The number of hydrogen-bond donors (Lipinski definition) is 2. The second kappa shape index (κ2) is 17.8. The van der Waals surface area contributed by atoms with E-state index in [1.165, 1.54) is 70.6 Å². The number of likely N-dealkylation sites (tertiary alicyclic amines) is 1. The number of nitrogens with zero attached hydrogens (tertiary/aromatic N) is 1. The molecular formula is C22H44N2O2S. The number of aliphatic hydroxyl groups is 1. The molecule has 0 spiro atoms. The molecule has 5 heteroatoms. The number of aliphatic hydroxyl groups excluding tert-OH is 1. The molecule has 1 unspecified atom stereocenters. The van der Waals surface area contributed by atoms with Crippen LogP contribution >= 0.6 is 11.8 Å².